The van der Waals surface area contributed by atoms with Gasteiger partial charge in [-0.1, -0.05) is 13.8 Å². The standard InChI is InChI=1S/C8H9.CH3.U/c1-7-4-3-5-8(2)6-7;;/h3-5H,1-2H3;1H3;/q2*-1;+2. The first-order valence-electron chi connectivity index (χ1n) is 2.74. The largest absolute Gasteiger partial charge is 2.00 e. The second kappa shape index (κ2) is 6.01. The fourth-order valence-electron chi connectivity index (χ4n) is 0.731. The number of rotatable bonds is 0. The molecule has 0 amide bonds. The Labute approximate surface area is 87.4 Å². The van der Waals surface area contributed by atoms with E-state index in [1.165, 1.54) is 11.1 Å². The molecule has 0 saturated heterocycles. The Morgan fingerprint density at radius 2 is 1.50 bits per heavy atom. The predicted molar refractivity (Wildman–Crippen MR) is 41.2 cm³/mol. The first-order chi connectivity index (χ1) is 3.79. The average Bonchev–Trinajstić information content (AvgIpc) is 1.64. The molecule has 0 spiro atoms. The monoisotopic (exact) mass is 358 g/mol. The molecule has 0 aliphatic carbocycles. The molecule has 0 aliphatic rings. The molecule has 0 N–H and O–H groups in total. The van der Waals surface area contributed by atoms with Crippen molar-refractivity contribution in [3.63, 3.8) is 0 Å². The summed E-state index contributed by atoms with van der Waals surface area (Å²) in [7, 11) is 0. The smallest absolute Gasteiger partial charge is 0.358 e. The quantitative estimate of drug-likeness (QED) is 0.626. The molecule has 0 aliphatic heterocycles. The zero-order valence-electron chi connectivity index (χ0n) is 6.73. The van der Waals surface area contributed by atoms with Crippen LogP contribution in [0.3, 0.4) is 0 Å². The second-order valence-electron chi connectivity index (χ2n) is 2.02. The van der Waals surface area contributed by atoms with Crippen molar-refractivity contribution in [2.45, 2.75) is 13.8 Å². The van der Waals surface area contributed by atoms with Crippen molar-refractivity contribution in [1.82, 2.24) is 0 Å². The van der Waals surface area contributed by atoms with Gasteiger partial charge in [-0.15, -0.1) is 0 Å². The van der Waals surface area contributed by atoms with E-state index in [1.807, 2.05) is 32.0 Å². The van der Waals surface area contributed by atoms with Crippen molar-refractivity contribution in [3.8, 4) is 0 Å². The minimum atomic E-state index is 0. The van der Waals surface area contributed by atoms with Crippen molar-refractivity contribution >= 4 is 0 Å². The van der Waals surface area contributed by atoms with Crippen LogP contribution in [0.1, 0.15) is 11.1 Å². The van der Waals surface area contributed by atoms with E-state index in [-0.39, 0.29) is 38.5 Å². The third kappa shape index (κ3) is 4.15. The fraction of sp³-hybridized carbons (Fsp3) is 0.222. The van der Waals surface area contributed by atoms with Crippen molar-refractivity contribution < 1.29 is 31.1 Å². The summed E-state index contributed by atoms with van der Waals surface area (Å²) in [5.74, 6) is 0. The Morgan fingerprint density at radius 3 is 1.70 bits per heavy atom. The maximum absolute atomic E-state index is 3.17. The minimum absolute atomic E-state index is 0. The molecule has 0 nitrogen and oxygen atoms in total. The topological polar surface area (TPSA) is 0 Å². The van der Waals surface area contributed by atoms with Gasteiger partial charge >= 0.3 is 31.1 Å². The van der Waals surface area contributed by atoms with Gasteiger partial charge in [0.05, 0.1) is 0 Å². The van der Waals surface area contributed by atoms with Gasteiger partial charge in [0.2, 0.25) is 0 Å². The van der Waals surface area contributed by atoms with Crippen molar-refractivity contribution in [2.75, 3.05) is 0 Å². The molecule has 1 aromatic rings. The summed E-state index contributed by atoms with van der Waals surface area (Å²) in [5, 5.41) is 0. The SMILES string of the molecule is Cc1[c-]c(C)ccc1.[CH3-].[U+2]. The van der Waals surface area contributed by atoms with E-state index < -0.39 is 0 Å². The molecule has 0 saturated carbocycles. The van der Waals surface area contributed by atoms with Gasteiger partial charge in [0.1, 0.15) is 0 Å². The van der Waals surface area contributed by atoms with Gasteiger partial charge in [-0.3, -0.25) is 0 Å². The Hall–Kier alpha value is 0.272. The third-order valence-corrected chi connectivity index (χ3v) is 1.09. The van der Waals surface area contributed by atoms with Gasteiger partial charge in [-0.05, 0) is 0 Å². The molecule has 0 bridgehead atoms. The summed E-state index contributed by atoms with van der Waals surface area (Å²) in [5.41, 5.74) is 2.43. The van der Waals surface area contributed by atoms with E-state index in [0.29, 0.717) is 0 Å². The molecular formula is C9H12U. The molecule has 1 aromatic carbocycles. The van der Waals surface area contributed by atoms with Crippen molar-refractivity contribution in [1.29, 1.82) is 0 Å². The van der Waals surface area contributed by atoms with E-state index in [1.54, 1.807) is 0 Å². The first kappa shape index (κ1) is 12.9. The van der Waals surface area contributed by atoms with Crippen molar-refractivity contribution in [2.24, 2.45) is 0 Å². The molecule has 1 heteroatoms. The Bertz CT molecular complexity index is 165. The molecule has 0 radical (unpaired) electrons. The van der Waals surface area contributed by atoms with Crippen LogP contribution >= 0.6 is 0 Å². The first-order valence-corrected chi connectivity index (χ1v) is 2.74. The maximum atomic E-state index is 3.17. The van der Waals surface area contributed by atoms with E-state index in [2.05, 4.69) is 6.07 Å². The van der Waals surface area contributed by atoms with Crippen LogP contribution in [0, 0.1) is 58.5 Å². The maximum Gasteiger partial charge on any atom is 2.00 e. The van der Waals surface area contributed by atoms with Gasteiger partial charge in [-0.25, -0.2) is 0 Å². The van der Waals surface area contributed by atoms with Gasteiger partial charge in [-0.2, -0.15) is 35.4 Å². The zero-order chi connectivity index (χ0) is 5.98. The number of hydrogen-bond donors (Lipinski definition) is 0. The molecule has 0 atom stereocenters. The van der Waals surface area contributed by atoms with Crippen LogP contribution in [-0.2, 0) is 0 Å². The van der Waals surface area contributed by atoms with Gasteiger partial charge in [0.25, 0.3) is 0 Å². The van der Waals surface area contributed by atoms with Gasteiger partial charge in [0.15, 0.2) is 0 Å². The molecule has 10 heavy (non-hydrogen) atoms. The Morgan fingerprint density at radius 1 is 1.10 bits per heavy atom. The predicted octanol–water partition coefficient (Wildman–Crippen LogP) is 2.55. The van der Waals surface area contributed by atoms with Gasteiger partial charge < -0.3 is 7.43 Å². The summed E-state index contributed by atoms with van der Waals surface area (Å²) >= 11 is 0. The molecule has 0 aromatic heterocycles. The number of hydrogen-bond acceptors (Lipinski definition) is 0. The molecule has 0 unspecified atom stereocenters. The molecule has 0 fully saturated rings. The fourth-order valence-corrected chi connectivity index (χ4v) is 0.731. The molecular weight excluding hydrogens is 346 g/mol. The number of benzene rings is 1. The van der Waals surface area contributed by atoms with Crippen LogP contribution in [0.2, 0.25) is 0 Å². The molecule has 52 valence electrons. The van der Waals surface area contributed by atoms with Crippen LogP contribution in [0.25, 0.3) is 0 Å². The van der Waals surface area contributed by atoms with Crippen LogP contribution in [0.4, 0.5) is 0 Å². The molecule has 1 rings (SSSR count). The van der Waals surface area contributed by atoms with Crippen LogP contribution < -0.4 is 0 Å². The van der Waals surface area contributed by atoms with Crippen LogP contribution in [0.5, 0.6) is 0 Å². The molecule has 0 heterocycles. The normalized spacial score (nSPS) is 7.40. The Kier molecular flexibility index (Phi) is 7.76. The van der Waals surface area contributed by atoms with E-state index in [4.69, 9.17) is 0 Å². The summed E-state index contributed by atoms with van der Waals surface area (Å²) < 4.78 is 0. The van der Waals surface area contributed by atoms with Crippen LogP contribution in [-0.4, -0.2) is 0 Å². The summed E-state index contributed by atoms with van der Waals surface area (Å²) in [6.07, 6.45) is 0. The Balaban J connectivity index is 0. The van der Waals surface area contributed by atoms with E-state index in [9.17, 15) is 0 Å². The van der Waals surface area contributed by atoms with E-state index in [0.717, 1.165) is 0 Å². The second-order valence-corrected chi connectivity index (χ2v) is 2.02. The van der Waals surface area contributed by atoms with Gasteiger partial charge in [0, 0.05) is 0 Å². The third-order valence-electron chi connectivity index (χ3n) is 1.09. The summed E-state index contributed by atoms with van der Waals surface area (Å²) in [6, 6.07) is 9.31. The van der Waals surface area contributed by atoms with E-state index >= 15 is 0 Å². The number of aryl methyl sites for hydroxylation is 2. The summed E-state index contributed by atoms with van der Waals surface area (Å²) in [6.45, 7) is 4.10. The average molecular weight is 358 g/mol. The minimum Gasteiger partial charge on any atom is -0.358 e. The van der Waals surface area contributed by atoms with Crippen molar-refractivity contribution in [3.05, 3.63) is 42.8 Å². The summed E-state index contributed by atoms with van der Waals surface area (Å²) in [4.78, 5) is 0. The zero-order valence-corrected chi connectivity index (χ0v) is 10.9. The van der Waals surface area contributed by atoms with Crippen LogP contribution in [0.15, 0.2) is 18.2 Å².